The molecule has 0 aromatic heterocycles. The topological polar surface area (TPSA) is 68.8 Å². The summed E-state index contributed by atoms with van der Waals surface area (Å²) < 4.78 is 16.0. The first-order chi connectivity index (χ1) is 10.8. The first-order valence-corrected chi connectivity index (χ1v) is 8.58. The van der Waals surface area contributed by atoms with Gasteiger partial charge in [-0.05, 0) is 40.5 Å². The molecular formula is C17H34N2O4. The summed E-state index contributed by atoms with van der Waals surface area (Å²) in [6, 6.07) is 0.285. The third-order valence-electron chi connectivity index (χ3n) is 4.07. The van der Waals surface area contributed by atoms with Crippen LogP contribution in [0, 0.1) is 0 Å². The lowest BCUT2D eigenvalue weighted by Gasteiger charge is -2.32. The molecule has 3 unspecified atom stereocenters. The average molecular weight is 330 g/mol. The van der Waals surface area contributed by atoms with E-state index in [9.17, 15) is 4.79 Å². The van der Waals surface area contributed by atoms with Gasteiger partial charge in [0.25, 0.3) is 0 Å². The van der Waals surface area contributed by atoms with E-state index in [1.54, 1.807) is 14.2 Å². The number of rotatable bonds is 6. The SMILES string of the molecule is COC(OC)C(C)NC1CCCCCC1NC(=O)OC(C)(C)C. The molecule has 0 aliphatic heterocycles. The lowest BCUT2D eigenvalue weighted by molar-refractivity contribution is -0.121. The number of carbonyl (C=O) groups is 1. The fourth-order valence-corrected chi connectivity index (χ4v) is 3.06. The molecule has 1 saturated carbocycles. The molecule has 23 heavy (non-hydrogen) atoms. The maximum Gasteiger partial charge on any atom is 0.407 e. The maximum absolute atomic E-state index is 12.1. The molecule has 2 N–H and O–H groups in total. The van der Waals surface area contributed by atoms with E-state index in [0.717, 1.165) is 25.7 Å². The largest absolute Gasteiger partial charge is 0.444 e. The van der Waals surface area contributed by atoms with E-state index >= 15 is 0 Å². The lowest BCUT2D eigenvalue weighted by atomic mass is 10.0. The minimum atomic E-state index is -0.484. The second kappa shape index (κ2) is 9.45. The number of carbonyl (C=O) groups excluding carboxylic acids is 1. The highest BCUT2D eigenvalue weighted by Gasteiger charge is 2.29. The zero-order valence-corrected chi connectivity index (χ0v) is 15.5. The highest BCUT2D eigenvalue weighted by Crippen LogP contribution is 2.20. The first kappa shape index (κ1) is 20.2. The molecule has 1 rings (SSSR count). The summed E-state index contributed by atoms with van der Waals surface area (Å²) in [4.78, 5) is 12.1. The molecule has 0 aromatic rings. The quantitative estimate of drug-likeness (QED) is 0.579. The van der Waals surface area contributed by atoms with Crippen molar-refractivity contribution in [2.75, 3.05) is 14.2 Å². The number of hydrogen-bond acceptors (Lipinski definition) is 5. The van der Waals surface area contributed by atoms with Crippen molar-refractivity contribution in [1.82, 2.24) is 10.6 Å². The second-order valence-electron chi connectivity index (χ2n) is 7.29. The Hall–Kier alpha value is -0.850. The molecule has 6 heteroatoms. The Morgan fingerprint density at radius 3 is 2.13 bits per heavy atom. The maximum atomic E-state index is 12.1. The van der Waals surface area contributed by atoms with Gasteiger partial charge >= 0.3 is 6.09 Å². The van der Waals surface area contributed by atoms with Gasteiger partial charge in [0, 0.05) is 26.3 Å². The minimum Gasteiger partial charge on any atom is -0.444 e. The van der Waals surface area contributed by atoms with Gasteiger partial charge in [-0.15, -0.1) is 0 Å². The fraction of sp³-hybridized carbons (Fsp3) is 0.941. The number of nitrogens with one attached hydrogen (secondary N) is 2. The van der Waals surface area contributed by atoms with Gasteiger partial charge in [-0.3, -0.25) is 0 Å². The van der Waals surface area contributed by atoms with Crippen molar-refractivity contribution >= 4 is 6.09 Å². The van der Waals surface area contributed by atoms with Gasteiger partial charge < -0.3 is 24.8 Å². The standard InChI is InChI=1S/C17H34N2O4/c1-12(15(21-5)22-6)18-13-10-8-7-9-11-14(13)19-16(20)23-17(2,3)4/h12-15,18H,7-11H2,1-6H3,(H,19,20). The third-order valence-corrected chi connectivity index (χ3v) is 4.07. The zero-order chi connectivity index (χ0) is 17.5. The number of alkyl carbamates (subject to hydrolysis) is 1. The van der Waals surface area contributed by atoms with Crippen LogP contribution in [0.2, 0.25) is 0 Å². The first-order valence-electron chi connectivity index (χ1n) is 8.58. The van der Waals surface area contributed by atoms with E-state index in [1.807, 2.05) is 27.7 Å². The Kier molecular flexibility index (Phi) is 8.29. The summed E-state index contributed by atoms with van der Waals surface area (Å²) >= 11 is 0. The van der Waals surface area contributed by atoms with Gasteiger partial charge in [0.15, 0.2) is 6.29 Å². The Morgan fingerprint density at radius 1 is 1.04 bits per heavy atom. The van der Waals surface area contributed by atoms with Crippen molar-refractivity contribution in [2.24, 2.45) is 0 Å². The van der Waals surface area contributed by atoms with E-state index in [1.165, 1.54) is 6.42 Å². The van der Waals surface area contributed by atoms with E-state index in [4.69, 9.17) is 14.2 Å². The molecule has 6 nitrogen and oxygen atoms in total. The molecule has 1 fully saturated rings. The van der Waals surface area contributed by atoms with Crippen LogP contribution in [0.15, 0.2) is 0 Å². The van der Waals surface area contributed by atoms with Crippen LogP contribution in [-0.2, 0) is 14.2 Å². The Morgan fingerprint density at radius 2 is 1.61 bits per heavy atom. The molecule has 1 amide bonds. The summed E-state index contributed by atoms with van der Waals surface area (Å²) in [7, 11) is 3.27. The fourth-order valence-electron chi connectivity index (χ4n) is 3.06. The number of hydrogen-bond donors (Lipinski definition) is 2. The molecule has 0 aromatic carbocycles. The molecule has 0 radical (unpaired) electrons. The minimum absolute atomic E-state index is 0.0380. The van der Waals surface area contributed by atoms with Crippen molar-refractivity contribution in [2.45, 2.75) is 89.8 Å². The van der Waals surface area contributed by atoms with Crippen molar-refractivity contribution in [3.63, 3.8) is 0 Å². The van der Waals surface area contributed by atoms with Gasteiger partial charge in [-0.25, -0.2) is 4.79 Å². The molecule has 136 valence electrons. The summed E-state index contributed by atoms with van der Waals surface area (Å²) in [5.74, 6) is 0. The lowest BCUT2D eigenvalue weighted by Crippen LogP contribution is -2.55. The number of methoxy groups -OCH3 is 2. The van der Waals surface area contributed by atoms with Crippen LogP contribution in [-0.4, -0.2) is 50.3 Å². The van der Waals surface area contributed by atoms with Crippen LogP contribution in [0.5, 0.6) is 0 Å². The summed E-state index contributed by atoms with van der Waals surface area (Å²) in [6.07, 6.45) is 4.78. The van der Waals surface area contributed by atoms with Crippen molar-refractivity contribution in [3.05, 3.63) is 0 Å². The summed E-state index contributed by atoms with van der Waals surface area (Å²) in [5.41, 5.74) is -0.484. The van der Waals surface area contributed by atoms with Crippen molar-refractivity contribution in [3.8, 4) is 0 Å². The van der Waals surface area contributed by atoms with Crippen LogP contribution in [0.1, 0.15) is 59.8 Å². The normalized spacial score (nSPS) is 24.1. The molecule has 1 aliphatic rings. The highest BCUT2D eigenvalue weighted by atomic mass is 16.7. The average Bonchev–Trinajstić information content (AvgIpc) is 2.64. The Labute approximate surface area is 140 Å². The monoisotopic (exact) mass is 330 g/mol. The van der Waals surface area contributed by atoms with Crippen molar-refractivity contribution < 1.29 is 19.0 Å². The highest BCUT2D eigenvalue weighted by molar-refractivity contribution is 5.68. The van der Waals surface area contributed by atoms with E-state index < -0.39 is 5.60 Å². The zero-order valence-electron chi connectivity index (χ0n) is 15.5. The molecule has 3 atom stereocenters. The molecule has 0 spiro atoms. The summed E-state index contributed by atoms with van der Waals surface area (Å²) in [5, 5.41) is 6.60. The predicted molar refractivity (Wildman–Crippen MR) is 90.4 cm³/mol. The van der Waals surface area contributed by atoms with Gasteiger partial charge in [0.2, 0.25) is 0 Å². The van der Waals surface area contributed by atoms with Gasteiger partial charge in [0.1, 0.15) is 5.60 Å². The third kappa shape index (κ3) is 7.50. The van der Waals surface area contributed by atoms with Crippen LogP contribution in [0.3, 0.4) is 0 Å². The van der Waals surface area contributed by atoms with Crippen LogP contribution >= 0.6 is 0 Å². The molecular weight excluding hydrogens is 296 g/mol. The molecule has 0 saturated heterocycles. The van der Waals surface area contributed by atoms with Gasteiger partial charge in [-0.2, -0.15) is 0 Å². The predicted octanol–water partition coefficient (Wildman–Crippen LogP) is 2.81. The van der Waals surface area contributed by atoms with Crippen LogP contribution in [0.25, 0.3) is 0 Å². The van der Waals surface area contributed by atoms with Crippen LogP contribution < -0.4 is 10.6 Å². The van der Waals surface area contributed by atoms with Gasteiger partial charge in [0.05, 0.1) is 6.04 Å². The summed E-state index contributed by atoms with van der Waals surface area (Å²) in [6.45, 7) is 7.66. The van der Waals surface area contributed by atoms with Crippen molar-refractivity contribution in [1.29, 1.82) is 0 Å². The molecule has 1 aliphatic carbocycles. The van der Waals surface area contributed by atoms with Gasteiger partial charge in [-0.1, -0.05) is 19.3 Å². The van der Waals surface area contributed by atoms with E-state index in [2.05, 4.69) is 10.6 Å². The van der Waals surface area contributed by atoms with Crippen LogP contribution in [0.4, 0.5) is 4.79 Å². The second-order valence-corrected chi connectivity index (χ2v) is 7.29. The van der Waals surface area contributed by atoms with E-state index in [-0.39, 0.29) is 30.5 Å². The van der Waals surface area contributed by atoms with E-state index in [0.29, 0.717) is 0 Å². The number of ether oxygens (including phenoxy) is 3. The Bertz CT molecular complexity index is 353. The Balaban J connectivity index is 2.66. The molecule has 0 heterocycles. The number of amides is 1. The smallest absolute Gasteiger partial charge is 0.407 e. The molecule has 0 bridgehead atoms.